The van der Waals surface area contributed by atoms with E-state index in [0.29, 0.717) is 19.8 Å². The van der Waals surface area contributed by atoms with E-state index >= 15 is 0 Å². The van der Waals surface area contributed by atoms with Crippen LogP contribution in [-0.2, 0) is 26.4 Å². The van der Waals surface area contributed by atoms with Gasteiger partial charge in [-0.2, -0.15) is 0 Å². The lowest BCUT2D eigenvalue weighted by Crippen LogP contribution is -2.42. The molecule has 1 atom stereocenters. The number of fused-ring (bicyclic) bond motifs is 1. The third-order valence-electron chi connectivity index (χ3n) is 4.01. The van der Waals surface area contributed by atoms with Crippen molar-refractivity contribution in [3.05, 3.63) is 35.4 Å². The van der Waals surface area contributed by atoms with Crippen LogP contribution in [0.2, 0.25) is 0 Å². The molecule has 2 rings (SSSR count). The molecular weight excluding hydrogens is 266 g/mol. The number of ether oxygens (including phenoxy) is 2. The van der Waals surface area contributed by atoms with Crippen molar-refractivity contribution in [3.8, 4) is 0 Å². The highest BCUT2D eigenvalue weighted by molar-refractivity contribution is 5.71. The van der Waals surface area contributed by atoms with Gasteiger partial charge in [-0.1, -0.05) is 24.3 Å². The molecule has 4 nitrogen and oxygen atoms in total. The lowest BCUT2D eigenvalue weighted by molar-refractivity contribution is -0.148. The summed E-state index contributed by atoms with van der Waals surface area (Å²) in [4.78, 5) is 14.2. The summed E-state index contributed by atoms with van der Waals surface area (Å²) in [6.07, 6.45) is 0.514. The van der Waals surface area contributed by atoms with Gasteiger partial charge in [0.2, 0.25) is 0 Å². The summed E-state index contributed by atoms with van der Waals surface area (Å²) in [7, 11) is 0. The Bertz CT molecular complexity index is 501. The Kier molecular flexibility index (Phi) is 5.01. The molecule has 1 aromatic carbocycles. The molecule has 1 heterocycles. The highest BCUT2D eigenvalue weighted by atomic mass is 16.5. The minimum Gasteiger partial charge on any atom is -0.466 e. The fourth-order valence-electron chi connectivity index (χ4n) is 2.86. The van der Waals surface area contributed by atoms with Crippen LogP contribution >= 0.6 is 0 Å². The maximum Gasteiger partial charge on any atom is 0.308 e. The molecule has 21 heavy (non-hydrogen) atoms. The first-order valence-electron chi connectivity index (χ1n) is 7.58. The first-order valence-corrected chi connectivity index (χ1v) is 7.58. The van der Waals surface area contributed by atoms with Gasteiger partial charge >= 0.3 is 5.97 Å². The van der Waals surface area contributed by atoms with Gasteiger partial charge in [0.1, 0.15) is 6.73 Å². The highest BCUT2D eigenvalue weighted by Crippen LogP contribution is 2.41. The van der Waals surface area contributed by atoms with Crippen LogP contribution in [0.3, 0.4) is 0 Å². The molecule has 0 N–H and O–H groups in total. The number of carbonyl (C=O) groups is 1. The van der Waals surface area contributed by atoms with Gasteiger partial charge in [-0.05, 0) is 38.8 Å². The van der Waals surface area contributed by atoms with Crippen LogP contribution < -0.4 is 0 Å². The lowest BCUT2D eigenvalue weighted by atomic mass is 9.88. The lowest BCUT2D eigenvalue weighted by Gasteiger charge is -2.35. The third kappa shape index (κ3) is 3.44. The van der Waals surface area contributed by atoms with Crippen molar-refractivity contribution in [2.45, 2.75) is 52.3 Å². The zero-order chi connectivity index (χ0) is 15.5. The van der Waals surface area contributed by atoms with E-state index in [9.17, 15) is 4.79 Å². The molecule has 0 bridgehead atoms. The Labute approximate surface area is 127 Å². The highest BCUT2D eigenvalue weighted by Gasteiger charge is 2.43. The molecule has 1 aromatic rings. The summed E-state index contributed by atoms with van der Waals surface area (Å²) in [5.74, 6) is -0.161. The van der Waals surface area contributed by atoms with Crippen LogP contribution in [0.1, 0.15) is 45.2 Å². The average Bonchev–Trinajstić information content (AvgIpc) is 2.70. The van der Waals surface area contributed by atoms with E-state index in [-0.39, 0.29) is 17.6 Å². The van der Waals surface area contributed by atoms with Crippen molar-refractivity contribution >= 4 is 5.97 Å². The van der Waals surface area contributed by atoms with E-state index < -0.39 is 0 Å². The van der Waals surface area contributed by atoms with Gasteiger partial charge < -0.3 is 9.47 Å². The SMILES string of the molecule is CCOC(=O)CC1(C)c2ccccc2CN1COC(C)C. The molecule has 0 fully saturated rings. The second-order valence-corrected chi connectivity index (χ2v) is 5.96. The van der Waals surface area contributed by atoms with Gasteiger partial charge in [0, 0.05) is 6.54 Å². The van der Waals surface area contributed by atoms with Crippen molar-refractivity contribution < 1.29 is 14.3 Å². The molecule has 0 spiro atoms. The fourth-order valence-corrected chi connectivity index (χ4v) is 2.86. The number of hydrogen-bond acceptors (Lipinski definition) is 4. The minimum absolute atomic E-state index is 0.161. The fraction of sp³-hybridized carbons (Fsp3) is 0.588. The summed E-state index contributed by atoms with van der Waals surface area (Å²) >= 11 is 0. The average molecular weight is 291 g/mol. The summed E-state index contributed by atoms with van der Waals surface area (Å²) in [6.45, 7) is 9.71. The zero-order valence-electron chi connectivity index (χ0n) is 13.4. The molecule has 1 aliphatic rings. The molecule has 1 unspecified atom stereocenters. The monoisotopic (exact) mass is 291 g/mol. The molecular formula is C17H25NO3. The Morgan fingerprint density at radius 1 is 1.38 bits per heavy atom. The molecule has 4 heteroatoms. The number of hydrogen-bond donors (Lipinski definition) is 0. The molecule has 0 aromatic heterocycles. The zero-order valence-corrected chi connectivity index (χ0v) is 13.4. The Hall–Kier alpha value is -1.39. The molecule has 0 amide bonds. The van der Waals surface area contributed by atoms with E-state index in [0.717, 1.165) is 6.54 Å². The minimum atomic E-state index is -0.363. The maximum absolute atomic E-state index is 12.0. The summed E-state index contributed by atoms with van der Waals surface area (Å²) in [6, 6.07) is 8.28. The summed E-state index contributed by atoms with van der Waals surface area (Å²) in [5.41, 5.74) is 2.10. The van der Waals surface area contributed by atoms with Gasteiger partial charge in [-0.15, -0.1) is 0 Å². The smallest absolute Gasteiger partial charge is 0.308 e. The largest absolute Gasteiger partial charge is 0.466 e. The Balaban J connectivity index is 2.23. The van der Waals surface area contributed by atoms with Gasteiger partial charge in [0.05, 0.1) is 24.7 Å². The number of esters is 1. The summed E-state index contributed by atoms with van der Waals surface area (Å²) in [5, 5.41) is 0. The first kappa shape index (κ1) is 16.0. The topological polar surface area (TPSA) is 38.8 Å². The van der Waals surface area contributed by atoms with E-state index in [1.807, 2.05) is 32.9 Å². The number of nitrogens with zero attached hydrogens (tertiary/aromatic N) is 1. The number of benzene rings is 1. The standard InChI is InChI=1S/C17H25NO3/c1-5-20-16(19)10-17(4)15-9-7-6-8-14(15)11-18(17)12-21-13(2)3/h6-9,13H,5,10-12H2,1-4H3. The van der Waals surface area contributed by atoms with E-state index in [2.05, 4.69) is 24.0 Å². The first-order chi connectivity index (χ1) is 9.97. The van der Waals surface area contributed by atoms with Crippen LogP contribution in [-0.4, -0.2) is 30.3 Å². The molecule has 0 radical (unpaired) electrons. The van der Waals surface area contributed by atoms with Gasteiger partial charge in [0.15, 0.2) is 0 Å². The second kappa shape index (κ2) is 6.58. The van der Waals surface area contributed by atoms with Gasteiger partial charge in [-0.25, -0.2) is 0 Å². The van der Waals surface area contributed by atoms with Crippen LogP contribution in [0.5, 0.6) is 0 Å². The van der Waals surface area contributed by atoms with E-state index in [4.69, 9.17) is 9.47 Å². The molecule has 0 saturated carbocycles. The molecule has 116 valence electrons. The predicted molar refractivity (Wildman–Crippen MR) is 81.7 cm³/mol. The van der Waals surface area contributed by atoms with Gasteiger partial charge in [-0.3, -0.25) is 9.69 Å². The van der Waals surface area contributed by atoms with Gasteiger partial charge in [0.25, 0.3) is 0 Å². The van der Waals surface area contributed by atoms with Crippen LogP contribution in [0, 0.1) is 0 Å². The molecule has 0 saturated heterocycles. The predicted octanol–water partition coefficient (Wildman–Crippen LogP) is 3.05. The Morgan fingerprint density at radius 2 is 2.10 bits per heavy atom. The van der Waals surface area contributed by atoms with Crippen LogP contribution in [0.4, 0.5) is 0 Å². The normalized spacial score (nSPS) is 21.6. The quantitative estimate of drug-likeness (QED) is 0.755. The number of rotatable bonds is 6. The second-order valence-electron chi connectivity index (χ2n) is 5.96. The van der Waals surface area contributed by atoms with Crippen molar-refractivity contribution in [1.82, 2.24) is 4.90 Å². The number of carbonyl (C=O) groups excluding carboxylic acids is 1. The maximum atomic E-state index is 12.0. The van der Waals surface area contributed by atoms with Crippen molar-refractivity contribution in [2.24, 2.45) is 0 Å². The van der Waals surface area contributed by atoms with E-state index in [1.54, 1.807) is 0 Å². The Morgan fingerprint density at radius 3 is 2.76 bits per heavy atom. The van der Waals surface area contributed by atoms with Crippen LogP contribution in [0.15, 0.2) is 24.3 Å². The van der Waals surface area contributed by atoms with Crippen molar-refractivity contribution in [3.63, 3.8) is 0 Å². The van der Waals surface area contributed by atoms with E-state index in [1.165, 1.54) is 11.1 Å². The van der Waals surface area contributed by atoms with Crippen molar-refractivity contribution in [2.75, 3.05) is 13.3 Å². The summed E-state index contributed by atoms with van der Waals surface area (Å²) < 4.78 is 10.9. The molecule has 0 aliphatic carbocycles. The van der Waals surface area contributed by atoms with Crippen molar-refractivity contribution in [1.29, 1.82) is 0 Å². The molecule has 1 aliphatic heterocycles. The third-order valence-corrected chi connectivity index (χ3v) is 4.01. The van der Waals surface area contributed by atoms with Crippen LogP contribution in [0.25, 0.3) is 0 Å².